The molecule has 0 saturated carbocycles. The van der Waals surface area contributed by atoms with E-state index in [1.165, 1.54) is 0 Å². The van der Waals surface area contributed by atoms with Crippen LogP contribution in [0.25, 0.3) is 10.9 Å². The highest BCUT2D eigenvalue weighted by molar-refractivity contribution is 5.98. The summed E-state index contributed by atoms with van der Waals surface area (Å²) in [6.07, 6.45) is 1.94. The number of anilines is 1. The number of aromatic nitrogens is 1. The first-order valence-corrected chi connectivity index (χ1v) is 12.6. The van der Waals surface area contributed by atoms with Gasteiger partial charge in [-0.1, -0.05) is 61.5 Å². The molecule has 7 nitrogen and oxygen atoms in total. The van der Waals surface area contributed by atoms with Crippen molar-refractivity contribution in [2.45, 2.75) is 38.5 Å². The van der Waals surface area contributed by atoms with Crippen molar-refractivity contribution in [3.05, 3.63) is 101 Å². The number of amides is 3. The molecule has 0 radical (unpaired) electrons. The van der Waals surface area contributed by atoms with E-state index in [0.29, 0.717) is 18.8 Å². The largest absolute Gasteiger partial charge is 0.361 e. The number of aromatic amines is 1. The summed E-state index contributed by atoms with van der Waals surface area (Å²) in [7, 11) is 4.02. The number of rotatable bonds is 7. The van der Waals surface area contributed by atoms with Crippen molar-refractivity contribution in [2.24, 2.45) is 0 Å². The van der Waals surface area contributed by atoms with E-state index in [1.54, 1.807) is 4.90 Å². The summed E-state index contributed by atoms with van der Waals surface area (Å²) < 4.78 is 0. The molecule has 0 spiro atoms. The van der Waals surface area contributed by atoms with E-state index in [1.807, 2.05) is 100 Å². The van der Waals surface area contributed by atoms with E-state index in [9.17, 15) is 9.59 Å². The normalized spacial score (nSPS) is 14.4. The number of nitrogens with zero attached hydrogens (tertiary/aromatic N) is 2. The lowest BCUT2D eigenvalue weighted by Crippen LogP contribution is -2.50. The van der Waals surface area contributed by atoms with Gasteiger partial charge < -0.3 is 25.4 Å². The Morgan fingerprint density at radius 2 is 1.68 bits per heavy atom. The number of nitrogens with one attached hydrogen (secondary N) is 3. The van der Waals surface area contributed by atoms with Gasteiger partial charge in [0.2, 0.25) is 5.91 Å². The summed E-state index contributed by atoms with van der Waals surface area (Å²) >= 11 is 0. The van der Waals surface area contributed by atoms with Gasteiger partial charge in [0.25, 0.3) is 0 Å². The summed E-state index contributed by atoms with van der Waals surface area (Å²) in [5.74, 6) is -0.514. The van der Waals surface area contributed by atoms with Crippen LogP contribution >= 0.6 is 0 Å². The molecule has 4 aromatic rings. The first-order chi connectivity index (χ1) is 17.9. The lowest BCUT2D eigenvalue weighted by atomic mass is 9.92. The SMILES string of the molecule is C[C@H](c1c[nH]c2ccccc12)[C@@H](NC(=O)N1Cc2ccccc2C1)C(=O)Nc1cccc(CN(C)C)c1. The van der Waals surface area contributed by atoms with Crippen molar-refractivity contribution in [1.82, 2.24) is 20.1 Å². The molecule has 1 aromatic heterocycles. The molecule has 2 heterocycles. The monoisotopic (exact) mass is 495 g/mol. The van der Waals surface area contributed by atoms with Gasteiger partial charge in [0.15, 0.2) is 0 Å². The van der Waals surface area contributed by atoms with E-state index >= 15 is 0 Å². The number of benzene rings is 3. The summed E-state index contributed by atoms with van der Waals surface area (Å²) in [4.78, 5) is 34.3. The van der Waals surface area contributed by atoms with Crippen LogP contribution in [-0.2, 0) is 24.4 Å². The molecule has 0 fully saturated rings. The molecule has 5 rings (SSSR count). The first-order valence-electron chi connectivity index (χ1n) is 12.6. The lowest BCUT2D eigenvalue weighted by Gasteiger charge is -2.27. The van der Waals surface area contributed by atoms with Gasteiger partial charge in [0, 0.05) is 48.3 Å². The maximum absolute atomic E-state index is 13.7. The van der Waals surface area contributed by atoms with E-state index in [0.717, 1.165) is 39.7 Å². The minimum absolute atomic E-state index is 0.246. The number of urea groups is 1. The highest BCUT2D eigenvalue weighted by Gasteiger charge is 2.32. The quantitative estimate of drug-likeness (QED) is 0.335. The Labute approximate surface area is 217 Å². The van der Waals surface area contributed by atoms with Crippen molar-refractivity contribution < 1.29 is 9.59 Å². The van der Waals surface area contributed by atoms with Crippen LogP contribution in [0.4, 0.5) is 10.5 Å². The summed E-state index contributed by atoms with van der Waals surface area (Å²) in [5.41, 5.74) is 6.08. The standard InChI is InChI=1S/C30H33N5O2/c1-20(26-16-31-27-14-7-6-13-25(26)27)28(29(36)32-24-12-8-9-21(15-24)17-34(2)3)33-30(37)35-18-22-10-4-5-11-23(22)19-35/h4-16,20,28,31H,17-19H2,1-3H3,(H,32,36)(H,33,37)/t20-,28-/m1/s1. The molecule has 0 aliphatic carbocycles. The van der Waals surface area contributed by atoms with Crippen LogP contribution in [0, 0.1) is 0 Å². The molecule has 0 unspecified atom stereocenters. The predicted molar refractivity (Wildman–Crippen MR) is 147 cm³/mol. The number of H-pyrrole nitrogens is 1. The average Bonchev–Trinajstić information content (AvgIpc) is 3.51. The maximum atomic E-state index is 13.7. The minimum atomic E-state index is -0.770. The molecular formula is C30H33N5O2. The highest BCUT2D eigenvalue weighted by Crippen LogP contribution is 2.29. The third kappa shape index (κ3) is 5.37. The zero-order chi connectivity index (χ0) is 25.9. The smallest absolute Gasteiger partial charge is 0.318 e. The zero-order valence-electron chi connectivity index (χ0n) is 21.5. The molecule has 37 heavy (non-hydrogen) atoms. The average molecular weight is 496 g/mol. The highest BCUT2D eigenvalue weighted by atomic mass is 16.2. The Hall–Kier alpha value is -4.10. The fraction of sp³-hybridized carbons (Fsp3) is 0.267. The fourth-order valence-corrected chi connectivity index (χ4v) is 5.10. The first kappa shape index (κ1) is 24.6. The van der Waals surface area contributed by atoms with Gasteiger partial charge >= 0.3 is 6.03 Å². The molecule has 0 bridgehead atoms. The number of fused-ring (bicyclic) bond motifs is 2. The van der Waals surface area contributed by atoms with Gasteiger partial charge in [0.1, 0.15) is 6.04 Å². The molecule has 3 amide bonds. The molecule has 3 N–H and O–H groups in total. The van der Waals surface area contributed by atoms with Crippen LogP contribution in [-0.4, -0.2) is 46.9 Å². The van der Waals surface area contributed by atoms with Gasteiger partial charge in [-0.2, -0.15) is 0 Å². The van der Waals surface area contributed by atoms with Gasteiger partial charge in [-0.25, -0.2) is 4.79 Å². The van der Waals surface area contributed by atoms with Crippen LogP contribution in [0.15, 0.2) is 79.0 Å². The van der Waals surface area contributed by atoms with Crippen molar-refractivity contribution in [3.8, 4) is 0 Å². The number of hydrogen-bond acceptors (Lipinski definition) is 3. The van der Waals surface area contributed by atoms with Crippen LogP contribution in [0.1, 0.15) is 35.1 Å². The van der Waals surface area contributed by atoms with Crippen molar-refractivity contribution >= 4 is 28.5 Å². The van der Waals surface area contributed by atoms with Crippen LogP contribution in [0.3, 0.4) is 0 Å². The van der Waals surface area contributed by atoms with Crippen LogP contribution in [0.2, 0.25) is 0 Å². The summed E-state index contributed by atoms with van der Waals surface area (Å²) in [6, 6.07) is 22.9. The molecule has 2 atom stereocenters. The summed E-state index contributed by atoms with van der Waals surface area (Å²) in [6.45, 7) is 3.82. The third-order valence-corrected chi connectivity index (χ3v) is 6.99. The summed E-state index contributed by atoms with van der Waals surface area (Å²) in [5, 5.41) is 7.17. The lowest BCUT2D eigenvalue weighted by molar-refractivity contribution is -0.118. The van der Waals surface area contributed by atoms with Gasteiger partial charge in [-0.05, 0) is 54.5 Å². The Morgan fingerprint density at radius 3 is 2.41 bits per heavy atom. The predicted octanol–water partition coefficient (Wildman–Crippen LogP) is 5.07. The van der Waals surface area contributed by atoms with Gasteiger partial charge in [0.05, 0.1) is 0 Å². The molecular weight excluding hydrogens is 462 g/mol. The Bertz CT molecular complexity index is 1400. The van der Waals surface area contributed by atoms with Crippen LogP contribution < -0.4 is 10.6 Å². The topological polar surface area (TPSA) is 80.5 Å². The Balaban J connectivity index is 1.40. The second-order valence-corrected chi connectivity index (χ2v) is 10.1. The number of carbonyl (C=O) groups is 2. The number of carbonyl (C=O) groups excluding carboxylic acids is 2. The van der Waals surface area contributed by atoms with E-state index < -0.39 is 6.04 Å². The second-order valence-electron chi connectivity index (χ2n) is 10.1. The second kappa shape index (κ2) is 10.5. The molecule has 7 heteroatoms. The van der Waals surface area contributed by atoms with E-state index in [2.05, 4.69) is 20.5 Å². The molecule has 190 valence electrons. The zero-order valence-corrected chi connectivity index (χ0v) is 21.5. The fourth-order valence-electron chi connectivity index (χ4n) is 5.10. The van der Waals surface area contributed by atoms with Crippen LogP contribution in [0.5, 0.6) is 0 Å². The third-order valence-electron chi connectivity index (χ3n) is 6.99. The number of hydrogen-bond donors (Lipinski definition) is 3. The minimum Gasteiger partial charge on any atom is -0.361 e. The van der Waals surface area contributed by atoms with E-state index in [-0.39, 0.29) is 17.9 Å². The van der Waals surface area contributed by atoms with Gasteiger partial charge in [-0.3, -0.25) is 4.79 Å². The maximum Gasteiger partial charge on any atom is 0.318 e. The Kier molecular flexibility index (Phi) is 6.97. The molecule has 1 aliphatic rings. The molecule has 3 aromatic carbocycles. The molecule has 0 saturated heterocycles. The van der Waals surface area contributed by atoms with E-state index in [4.69, 9.17) is 0 Å². The van der Waals surface area contributed by atoms with Gasteiger partial charge in [-0.15, -0.1) is 0 Å². The Morgan fingerprint density at radius 1 is 0.973 bits per heavy atom. The molecule has 1 aliphatic heterocycles. The van der Waals surface area contributed by atoms with Crippen molar-refractivity contribution in [1.29, 1.82) is 0 Å². The van der Waals surface area contributed by atoms with Crippen molar-refractivity contribution in [2.75, 3.05) is 19.4 Å². The van der Waals surface area contributed by atoms with Crippen molar-refractivity contribution in [3.63, 3.8) is 0 Å². The number of para-hydroxylation sites is 1.